The second kappa shape index (κ2) is 7.08. The van der Waals surface area contributed by atoms with Crippen molar-refractivity contribution in [3.63, 3.8) is 0 Å². The number of hydrogen-bond acceptors (Lipinski definition) is 2. The van der Waals surface area contributed by atoms with Crippen LogP contribution in [-0.2, 0) is 0 Å². The van der Waals surface area contributed by atoms with Gasteiger partial charge in [-0.1, -0.05) is 41.0 Å². The predicted molar refractivity (Wildman–Crippen MR) is 85.5 cm³/mol. The Morgan fingerprint density at radius 1 is 1.00 bits per heavy atom. The van der Waals surface area contributed by atoms with Gasteiger partial charge in [0.25, 0.3) is 0 Å². The molecule has 2 nitrogen and oxygen atoms in total. The van der Waals surface area contributed by atoms with Gasteiger partial charge in [-0.25, -0.2) is 0 Å². The molecule has 0 saturated heterocycles. The lowest BCUT2D eigenvalue weighted by Crippen LogP contribution is -2.46. The Kier molecular flexibility index (Phi) is 7.05. The molecule has 0 saturated carbocycles. The normalized spacial score (nSPS) is 17.1. The van der Waals surface area contributed by atoms with Gasteiger partial charge in [-0.15, -0.1) is 0 Å². The number of nitrogens with zero attached hydrogens (tertiary/aromatic N) is 1. The Labute approximate surface area is 121 Å². The molecule has 2 heteroatoms. The van der Waals surface area contributed by atoms with Gasteiger partial charge in [-0.05, 0) is 51.5 Å². The van der Waals surface area contributed by atoms with E-state index in [4.69, 9.17) is 0 Å². The summed E-state index contributed by atoms with van der Waals surface area (Å²) in [6, 6.07) is 1.00. The molecular weight excluding hydrogens is 234 g/mol. The van der Waals surface area contributed by atoms with Crippen LogP contribution in [0.3, 0.4) is 0 Å². The minimum atomic E-state index is -0.201. The van der Waals surface area contributed by atoms with Crippen LogP contribution in [0.4, 0.5) is 0 Å². The molecule has 116 valence electrons. The SMILES string of the molecule is CCC(C)(C)CC(O)CC(C)(C)C(C)N(C)C(C)C. The molecule has 0 radical (unpaired) electrons. The van der Waals surface area contributed by atoms with Gasteiger partial charge in [0.1, 0.15) is 0 Å². The molecule has 0 rings (SSSR count). The summed E-state index contributed by atoms with van der Waals surface area (Å²) in [4.78, 5) is 2.40. The third-order valence-corrected chi connectivity index (χ3v) is 5.06. The van der Waals surface area contributed by atoms with Gasteiger partial charge in [0.05, 0.1) is 6.10 Å². The van der Waals surface area contributed by atoms with E-state index in [0.29, 0.717) is 12.1 Å². The lowest BCUT2D eigenvalue weighted by molar-refractivity contribution is 0.0246. The van der Waals surface area contributed by atoms with Crippen molar-refractivity contribution < 1.29 is 5.11 Å². The molecule has 0 aromatic heterocycles. The van der Waals surface area contributed by atoms with Gasteiger partial charge >= 0.3 is 0 Å². The highest BCUT2D eigenvalue weighted by Gasteiger charge is 2.33. The largest absolute Gasteiger partial charge is 0.393 e. The number of aliphatic hydroxyl groups excluding tert-OH is 1. The highest BCUT2D eigenvalue weighted by Crippen LogP contribution is 2.35. The average molecular weight is 271 g/mol. The molecule has 0 aliphatic heterocycles. The van der Waals surface area contributed by atoms with Crippen LogP contribution in [0.2, 0.25) is 0 Å². The Bertz CT molecular complexity index is 258. The fourth-order valence-corrected chi connectivity index (χ4v) is 2.63. The van der Waals surface area contributed by atoms with E-state index in [1.807, 2.05) is 0 Å². The molecule has 0 aliphatic rings. The number of aliphatic hydroxyl groups is 1. The van der Waals surface area contributed by atoms with Crippen molar-refractivity contribution in [2.45, 2.75) is 92.8 Å². The Balaban J connectivity index is 4.59. The smallest absolute Gasteiger partial charge is 0.0551 e. The molecule has 0 amide bonds. The Hall–Kier alpha value is -0.0800. The first-order valence-electron chi connectivity index (χ1n) is 7.83. The topological polar surface area (TPSA) is 23.5 Å². The molecule has 2 atom stereocenters. The summed E-state index contributed by atoms with van der Waals surface area (Å²) in [6.45, 7) is 18.0. The molecule has 0 aromatic rings. The van der Waals surface area contributed by atoms with Crippen molar-refractivity contribution in [3.05, 3.63) is 0 Å². The zero-order valence-electron chi connectivity index (χ0n) is 14.7. The maximum atomic E-state index is 10.4. The first-order valence-corrected chi connectivity index (χ1v) is 7.83. The molecule has 0 bridgehead atoms. The van der Waals surface area contributed by atoms with E-state index in [1.54, 1.807) is 0 Å². The fourth-order valence-electron chi connectivity index (χ4n) is 2.63. The van der Waals surface area contributed by atoms with E-state index in [9.17, 15) is 5.11 Å². The van der Waals surface area contributed by atoms with Crippen molar-refractivity contribution in [2.24, 2.45) is 10.8 Å². The van der Waals surface area contributed by atoms with Crippen LogP contribution in [-0.4, -0.2) is 35.2 Å². The molecule has 2 unspecified atom stereocenters. The molecule has 0 heterocycles. The van der Waals surface area contributed by atoms with Crippen molar-refractivity contribution in [2.75, 3.05) is 7.05 Å². The van der Waals surface area contributed by atoms with Crippen molar-refractivity contribution in [1.82, 2.24) is 4.90 Å². The fraction of sp³-hybridized carbons (Fsp3) is 1.00. The first-order chi connectivity index (χ1) is 8.43. The first kappa shape index (κ1) is 18.9. The zero-order chi connectivity index (χ0) is 15.4. The molecule has 0 fully saturated rings. The number of hydrogen-bond donors (Lipinski definition) is 1. The van der Waals surface area contributed by atoms with Crippen molar-refractivity contribution >= 4 is 0 Å². The Morgan fingerprint density at radius 3 is 1.84 bits per heavy atom. The van der Waals surface area contributed by atoms with Crippen LogP contribution in [0.1, 0.15) is 74.7 Å². The summed E-state index contributed by atoms with van der Waals surface area (Å²) in [5.74, 6) is 0. The van der Waals surface area contributed by atoms with Gasteiger partial charge in [0.2, 0.25) is 0 Å². The third kappa shape index (κ3) is 6.27. The van der Waals surface area contributed by atoms with Crippen LogP contribution < -0.4 is 0 Å². The molecule has 0 spiro atoms. The highest BCUT2D eigenvalue weighted by molar-refractivity contribution is 4.86. The maximum absolute atomic E-state index is 10.4. The van der Waals surface area contributed by atoms with Crippen LogP contribution in [0.5, 0.6) is 0 Å². The summed E-state index contributed by atoms with van der Waals surface area (Å²) in [6.07, 6.45) is 2.68. The van der Waals surface area contributed by atoms with Crippen molar-refractivity contribution in [3.8, 4) is 0 Å². The molecular formula is C17H37NO. The van der Waals surface area contributed by atoms with E-state index in [-0.39, 0.29) is 16.9 Å². The van der Waals surface area contributed by atoms with Gasteiger partial charge in [-0.2, -0.15) is 0 Å². The minimum absolute atomic E-state index is 0.127. The van der Waals surface area contributed by atoms with E-state index < -0.39 is 0 Å². The zero-order valence-corrected chi connectivity index (χ0v) is 14.7. The standard InChI is InChI=1S/C17H37NO/c1-10-16(5,6)11-15(19)12-17(7,8)14(4)18(9)13(2)3/h13-15,19H,10-12H2,1-9H3. The van der Waals surface area contributed by atoms with Crippen molar-refractivity contribution in [1.29, 1.82) is 0 Å². The predicted octanol–water partition coefficient (Wildman–Crippen LogP) is 4.32. The van der Waals surface area contributed by atoms with E-state index >= 15 is 0 Å². The molecule has 19 heavy (non-hydrogen) atoms. The molecule has 0 aliphatic carbocycles. The van der Waals surface area contributed by atoms with Gasteiger partial charge in [-0.3, -0.25) is 0 Å². The molecule has 1 N–H and O–H groups in total. The van der Waals surface area contributed by atoms with Gasteiger partial charge < -0.3 is 10.0 Å². The van der Waals surface area contributed by atoms with Crippen LogP contribution >= 0.6 is 0 Å². The highest BCUT2D eigenvalue weighted by atomic mass is 16.3. The van der Waals surface area contributed by atoms with Crippen LogP contribution in [0, 0.1) is 10.8 Å². The van der Waals surface area contributed by atoms with Crippen LogP contribution in [0.25, 0.3) is 0 Å². The summed E-state index contributed by atoms with van der Waals surface area (Å²) in [5, 5.41) is 10.4. The summed E-state index contributed by atoms with van der Waals surface area (Å²) in [7, 11) is 2.18. The van der Waals surface area contributed by atoms with E-state index in [1.165, 1.54) is 0 Å². The second-order valence-corrected chi connectivity index (χ2v) is 8.00. The third-order valence-electron chi connectivity index (χ3n) is 5.06. The monoisotopic (exact) mass is 271 g/mol. The minimum Gasteiger partial charge on any atom is -0.393 e. The summed E-state index contributed by atoms with van der Waals surface area (Å²) >= 11 is 0. The van der Waals surface area contributed by atoms with Gasteiger partial charge in [0, 0.05) is 12.1 Å². The van der Waals surface area contributed by atoms with E-state index in [0.717, 1.165) is 19.3 Å². The maximum Gasteiger partial charge on any atom is 0.0551 e. The lowest BCUT2D eigenvalue weighted by Gasteiger charge is -2.42. The second-order valence-electron chi connectivity index (χ2n) is 8.00. The average Bonchev–Trinajstić information content (AvgIpc) is 2.25. The molecule has 0 aromatic carbocycles. The van der Waals surface area contributed by atoms with Gasteiger partial charge in [0.15, 0.2) is 0 Å². The summed E-state index contributed by atoms with van der Waals surface area (Å²) in [5.41, 5.74) is 0.366. The number of rotatable bonds is 8. The quantitative estimate of drug-likeness (QED) is 0.711. The van der Waals surface area contributed by atoms with E-state index in [2.05, 4.69) is 67.3 Å². The van der Waals surface area contributed by atoms with Crippen LogP contribution in [0.15, 0.2) is 0 Å². The summed E-state index contributed by atoms with van der Waals surface area (Å²) < 4.78 is 0. The lowest BCUT2D eigenvalue weighted by atomic mass is 9.75. The Morgan fingerprint density at radius 2 is 1.47 bits per heavy atom.